The van der Waals surface area contributed by atoms with E-state index < -0.39 is 0 Å². The summed E-state index contributed by atoms with van der Waals surface area (Å²) in [6, 6.07) is 9.38. The Morgan fingerprint density at radius 2 is 2.16 bits per heavy atom. The molecule has 96 valence electrons. The summed E-state index contributed by atoms with van der Waals surface area (Å²) in [7, 11) is 0. The third-order valence-corrected chi connectivity index (χ3v) is 3.50. The Hall–Kier alpha value is -1.90. The Bertz CT molecular complexity index is 616. The molecule has 1 amide bonds. The normalized spacial score (nSPS) is 9.89. The summed E-state index contributed by atoms with van der Waals surface area (Å²) in [4.78, 5) is 16.4. The van der Waals surface area contributed by atoms with Gasteiger partial charge >= 0.3 is 0 Å². The summed E-state index contributed by atoms with van der Waals surface area (Å²) in [5.41, 5.74) is 1.13. The first-order chi connectivity index (χ1) is 9.17. The summed E-state index contributed by atoms with van der Waals surface area (Å²) in [5, 5.41) is 12.2. The topological polar surface area (TPSA) is 65.8 Å². The van der Waals surface area contributed by atoms with Crippen LogP contribution in [0.25, 0.3) is 0 Å². The fraction of sp³-hybridized carbons (Fsp3) is 0.154. The highest BCUT2D eigenvalue weighted by Crippen LogP contribution is 2.22. The number of nitrogens with one attached hydrogen (secondary N) is 1. The lowest BCUT2D eigenvalue weighted by molar-refractivity contribution is -0.115. The maximum atomic E-state index is 11.2. The fourth-order valence-electron chi connectivity index (χ4n) is 1.49. The van der Waals surface area contributed by atoms with Crippen LogP contribution in [0.3, 0.4) is 0 Å². The van der Waals surface area contributed by atoms with E-state index in [1.165, 1.54) is 11.3 Å². The van der Waals surface area contributed by atoms with Gasteiger partial charge in [-0.25, -0.2) is 4.98 Å². The van der Waals surface area contributed by atoms with E-state index in [4.69, 9.17) is 16.9 Å². The van der Waals surface area contributed by atoms with Crippen LogP contribution in [-0.2, 0) is 11.2 Å². The smallest absolute Gasteiger partial charge is 0.240 e. The minimum atomic E-state index is -0.338. The van der Waals surface area contributed by atoms with Crippen molar-refractivity contribution >= 4 is 34.0 Å². The monoisotopic (exact) mass is 291 g/mol. The number of hydrogen-bond acceptors (Lipinski definition) is 4. The van der Waals surface area contributed by atoms with Crippen molar-refractivity contribution in [3.05, 3.63) is 45.9 Å². The Balaban J connectivity index is 1.99. The van der Waals surface area contributed by atoms with E-state index in [0.717, 1.165) is 16.9 Å². The predicted octanol–water partition coefficient (Wildman–Crippen LogP) is 3.24. The van der Waals surface area contributed by atoms with E-state index >= 15 is 0 Å². The lowest BCUT2D eigenvalue weighted by Crippen LogP contribution is -2.09. The highest BCUT2D eigenvalue weighted by Gasteiger charge is 2.06. The average molecular weight is 292 g/mol. The lowest BCUT2D eigenvalue weighted by Gasteiger charge is -1.98. The number of nitrogens with zero attached hydrogens (tertiary/aromatic N) is 2. The maximum Gasteiger partial charge on any atom is 0.240 e. The van der Waals surface area contributed by atoms with Gasteiger partial charge in [-0.15, -0.1) is 11.3 Å². The number of hydrogen-bond donors (Lipinski definition) is 1. The summed E-state index contributed by atoms with van der Waals surface area (Å²) in [5.74, 6) is -0.338. The van der Waals surface area contributed by atoms with Crippen molar-refractivity contribution in [2.45, 2.75) is 12.8 Å². The van der Waals surface area contributed by atoms with Crippen LogP contribution in [0.2, 0.25) is 5.02 Å². The van der Waals surface area contributed by atoms with E-state index in [2.05, 4.69) is 10.3 Å². The third kappa shape index (κ3) is 4.05. The summed E-state index contributed by atoms with van der Waals surface area (Å²) >= 11 is 7.22. The minimum Gasteiger partial charge on any atom is -0.301 e. The molecule has 1 N–H and O–H groups in total. The molecule has 0 aliphatic rings. The summed E-state index contributed by atoms with van der Waals surface area (Å²) in [6.45, 7) is 0. The first-order valence-corrected chi connectivity index (χ1v) is 6.73. The Morgan fingerprint density at radius 3 is 2.84 bits per heavy atom. The summed E-state index contributed by atoms with van der Waals surface area (Å²) < 4.78 is 0. The van der Waals surface area contributed by atoms with Gasteiger partial charge in [-0.2, -0.15) is 5.26 Å². The lowest BCUT2D eigenvalue weighted by atomic mass is 10.1. The molecule has 4 nitrogen and oxygen atoms in total. The number of halogens is 1. The van der Waals surface area contributed by atoms with Gasteiger partial charge in [0.25, 0.3) is 0 Å². The molecule has 0 bridgehead atoms. The second-order valence-corrected chi connectivity index (χ2v) is 5.37. The Kier molecular flexibility index (Phi) is 4.50. The van der Waals surface area contributed by atoms with Crippen molar-refractivity contribution in [2.24, 2.45) is 0 Å². The highest BCUT2D eigenvalue weighted by molar-refractivity contribution is 7.15. The molecular formula is C13H10ClN3OS. The average Bonchev–Trinajstić information content (AvgIpc) is 2.80. The van der Waals surface area contributed by atoms with Gasteiger partial charge < -0.3 is 5.32 Å². The molecule has 0 unspecified atom stereocenters. The molecule has 2 aromatic rings. The molecule has 0 saturated heterocycles. The number of benzene rings is 1. The van der Waals surface area contributed by atoms with Crippen molar-refractivity contribution in [3.63, 3.8) is 0 Å². The van der Waals surface area contributed by atoms with Gasteiger partial charge in [0.1, 0.15) is 6.42 Å². The third-order valence-electron chi connectivity index (χ3n) is 2.33. The number of carbonyl (C=O) groups is 1. The zero-order chi connectivity index (χ0) is 13.7. The van der Waals surface area contributed by atoms with Gasteiger partial charge in [-0.05, 0) is 17.7 Å². The molecule has 19 heavy (non-hydrogen) atoms. The SMILES string of the molecule is N#CCC(=O)Nc1ncc(Cc2ccc(Cl)cc2)s1. The first-order valence-electron chi connectivity index (χ1n) is 5.53. The second kappa shape index (κ2) is 6.32. The van der Waals surface area contributed by atoms with E-state index in [-0.39, 0.29) is 12.3 Å². The minimum absolute atomic E-state index is 0.161. The van der Waals surface area contributed by atoms with Crippen LogP contribution < -0.4 is 5.32 Å². The number of aromatic nitrogens is 1. The molecule has 0 saturated carbocycles. The number of thiazole rings is 1. The largest absolute Gasteiger partial charge is 0.301 e. The number of amides is 1. The van der Waals surface area contributed by atoms with Gasteiger partial charge in [0, 0.05) is 22.5 Å². The van der Waals surface area contributed by atoms with Crippen LogP contribution in [0.1, 0.15) is 16.9 Å². The quantitative estimate of drug-likeness (QED) is 0.940. The number of anilines is 1. The van der Waals surface area contributed by atoms with E-state index in [1.807, 2.05) is 24.3 Å². The van der Waals surface area contributed by atoms with Crippen molar-refractivity contribution in [2.75, 3.05) is 5.32 Å². The van der Waals surface area contributed by atoms with Crippen LogP contribution >= 0.6 is 22.9 Å². The van der Waals surface area contributed by atoms with E-state index in [0.29, 0.717) is 10.2 Å². The second-order valence-electron chi connectivity index (χ2n) is 3.82. The first kappa shape index (κ1) is 13.5. The van der Waals surface area contributed by atoms with Crippen LogP contribution in [-0.4, -0.2) is 10.9 Å². The number of rotatable bonds is 4. The van der Waals surface area contributed by atoms with Crippen molar-refractivity contribution in [1.29, 1.82) is 5.26 Å². The van der Waals surface area contributed by atoms with Gasteiger partial charge in [0.2, 0.25) is 5.91 Å². The summed E-state index contributed by atoms with van der Waals surface area (Å²) in [6.07, 6.45) is 2.30. The molecule has 1 heterocycles. The van der Waals surface area contributed by atoms with Gasteiger partial charge in [0.15, 0.2) is 5.13 Å². The van der Waals surface area contributed by atoms with Crippen LogP contribution in [0.15, 0.2) is 30.5 Å². The van der Waals surface area contributed by atoms with Gasteiger partial charge in [0.05, 0.1) is 6.07 Å². The highest BCUT2D eigenvalue weighted by atomic mass is 35.5. The molecule has 2 rings (SSSR count). The van der Waals surface area contributed by atoms with E-state index in [9.17, 15) is 4.79 Å². The number of nitriles is 1. The molecule has 0 fully saturated rings. The molecular weight excluding hydrogens is 282 g/mol. The Labute approximate surface area is 119 Å². The molecule has 1 aromatic heterocycles. The zero-order valence-electron chi connectivity index (χ0n) is 9.89. The molecule has 6 heteroatoms. The van der Waals surface area contributed by atoms with Crippen LogP contribution in [0.5, 0.6) is 0 Å². The van der Waals surface area contributed by atoms with E-state index in [1.54, 1.807) is 12.3 Å². The van der Waals surface area contributed by atoms with Crippen molar-refractivity contribution in [3.8, 4) is 6.07 Å². The van der Waals surface area contributed by atoms with Crippen molar-refractivity contribution in [1.82, 2.24) is 4.98 Å². The maximum absolute atomic E-state index is 11.2. The molecule has 0 atom stereocenters. The molecule has 0 aliphatic heterocycles. The molecule has 0 aliphatic carbocycles. The predicted molar refractivity (Wildman–Crippen MR) is 75.2 cm³/mol. The zero-order valence-corrected chi connectivity index (χ0v) is 11.5. The Morgan fingerprint density at radius 1 is 1.42 bits per heavy atom. The number of carbonyl (C=O) groups excluding carboxylic acids is 1. The van der Waals surface area contributed by atoms with Gasteiger partial charge in [-0.3, -0.25) is 4.79 Å². The molecule has 0 spiro atoms. The molecule has 0 radical (unpaired) electrons. The standard InChI is InChI=1S/C13H10ClN3OS/c14-10-3-1-9(2-4-10)7-11-8-16-13(19-11)17-12(18)5-6-15/h1-4,8H,5,7H2,(H,16,17,18). The van der Waals surface area contributed by atoms with Gasteiger partial charge in [-0.1, -0.05) is 23.7 Å². The molecule has 1 aromatic carbocycles. The van der Waals surface area contributed by atoms with Crippen LogP contribution in [0, 0.1) is 11.3 Å². The van der Waals surface area contributed by atoms with Crippen LogP contribution in [0.4, 0.5) is 5.13 Å². The van der Waals surface area contributed by atoms with Crippen molar-refractivity contribution < 1.29 is 4.79 Å². The fourth-order valence-corrected chi connectivity index (χ4v) is 2.47.